The fraction of sp³-hybridized carbons (Fsp3) is 0.250. The van der Waals surface area contributed by atoms with Crippen molar-refractivity contribution in [1.29, 1.82) is 0 Å². The molecule has 9 heteroatoms. The summed E-state index contributed by atoms with van der Waals surface area (Å²) in [6, 6.07) is 12.1. The number of anilines is 1. The van der Waals surface area contributed by atoms with Crippen LogP contribution < -0.4 is 10.0 Å². The second-order valence-electron chi connectivity index (χ2n) is 6.72. The summed E-state index contributed by atoms with van der Waals surface area (Å²) >= 11 is 2.32. The number of carbonyl (C=O) groups excluding carboxylic acids is 1. The summed E-state index contributed by atoms with van der Waals surface area (Å²) < 4.78 is 31.0. The molecule has 0 unspecified atom stereocenters. The average Bonchev–Trinajstić information content (AvgIpc) is 3.18. The molecule has 29 heavy (non-hydrogen) atoms. The third-order valence-corrected chi connectivity index (χ3v) is 6.32. The van der Waals surface area contributed by atoms with Gasteiger partial charge in [-0.1, -0.05) is 48.6 Å². The zero-order valence-corrected chi connectivity index (χ0v) is 17.8. The first-order valence-corrected chi connectivity index (χ1v) is 10.6. The number of carbonyl (C=O) groups is 1. The van der Waals surface area contributed by atoms with Crippen LogP contribution in [0.25, 0.3) is 0 Å². The number of nitrogens with one attached hydrogen (secondary N) is 2. The highest BCUT2D eigenvalue weighted by Gasteiger charge is 2.28. The first-order valence-electron chi connectivity index (χ1n) is 8.92. The van der Waals surface area contributed by atoms with E-state index in [9.17, 15) is 13.6 Å². The molecule has 152 valence electrons. The number of amides is 1. The molecule has 0 fully saturated rings. The molecule has 0 bridgehead atoms. The van der Waals surface area contributed by atoms with Crippen molar-refractivity contribution in [1.82, 2.24) is 14.9 Å². The summed E-state index contributed by atoms with van der Waals surface area (Å²) in [5.74, 6) is -3.06. The van der Waals surface area contributed by atoms with E-state index in [1.54, 1.807) is 0 Å². The zero-order chi connectivity index (χ0) is 21.0. The minimum Gasteiger partial charge on any atom is -0.296 e. The van der Waals surface area contributed by atoms with Gasteiger partial charge in [0.1, 0.15) is 5.01 Å². The van der Waals surface area contributed by atoms with Gasteiger partial charge in [-0.25, -0.2) is 8.78 Å². The lowest BCUT2D eigenvalue weighted by atomic mass is 9.85. The molecule has 0 aliphatic rings. The summed E-state index contributed by atoms with van der Waals surface area (Å²) in [7, 11) is 0. The minimum atomic E-state index is -1.20. The van der Waals surface area contributed by atoms with Gasteiger partial charge in [-0.05, 0) is 43.5 Å². The lowest BCUT2D eigenvalue weighted by Gasteiger charge is -2.21. The lowest BCUT2D eigenvalue weighted by molar-refractivity contribution is 0.102. The predicted octanol–water partition coefficient (Wildman–Crippen LogP) is 5.01. The van der Waals surface area contributed by atoms with Crippen LogP contribution in [0.15, 0.2) is 47.4 Å². The molecular weight excluding hydrogens is 414 g/mol. The van der Waals surface area contributed by atoms with Gasteiger partial charge >= 0.3 is 0 Å². The van der Waals surface area contributed by atoms with Crippen molar-refractivity contribution in [2.24, 2.45) is 0 Å². The predicted molar refractivity (Wildman–Crippen MR) is 112 cm³/mol. The first-order chi connectivity index (χ1) is 13.8. The van der Waals surface area contributed by atoms with Gasteiger partial charge in [0.05, 0.1) is 5.56 Å². The Balaban J connectivity index is 1.81. The Morgan fingerprint density at radius 1 is 1.17 bits per heavy atom. The topological polar surface area (TPSA) is 66.9 Å². The van der Waals surface area contributed by atoms with Crippen molar-refractivity contribution in [3.8, 4) is 0 Å². The van der Waals surface area contributed by atoms with Crippen molar-refractivity contribution in [2.75, 3.05) is 11.9 Å². The van der Waals surface area contributed by atoms with E-state index in [0.29, 0.717) is 16.4 Å². The quantitative estimate of drug-likeness (QED) is 0.512. The molecule has 0 spiro atoms. The van der Waals surface area contributed by atoms with Crippen molar-refractivity contribution >= 4 is 34.3 Å². The third kappa shape index (κ3) is 4.80. The molecule has 2 aromatic carbocycles. The van der Waals surface area contributed by atoms with E-state index in [0.717, 1.165) is 23.6 Å². The summed E-state index contributed by atoms with van der Waals surface area (Å²) in [4.78, 5) is 12.9. The third-order valence-electron chi connectivity index (χ3n) is 4.26. The normalized spacial score (nSPS) is 11.5. The second-order valence-corrected chi connectivity index (χ2v) is 8.67. The second kappa shape index (κ2) is 8.98. The lowest BCUT2D eigenvalue weighted by Crippen LogP contribution is -2.18. The fourth-order valence-corrected chi connectivity index (χ4v) is 4.13. The Labute approximate surface area is 176 Å². The van der Waals surface area contributed by atoms with E-state index in [1.165, 1.54) is 17.4 Å². The van der Waals surface area contributed by atoms with E-state index in [2.05, 4.69) is 20.2 Å². The largest absolute Gasteiger partial charge is 0.296 e. The molecule has 1 amide bonds. The maximum absolute atomic E-state index is 14.2. The van der Waals surface area contributed by atoms with Crippen molar-refractivity contribution < 1.29 is 13.6 Å². The number of aromatic nitrogens is 2. The molecule has 3 rings (SSSR count). The van der Waals surface area contributed by atoms with Gasteiger partial charge in [0, 0.05) is 16.9 Å². The van der Waals surface area contributed by atoms with Crippen LogP contribution in [-0.2, 0) is 5.41 Å². The van der Waals surface area contributed by atoms with Gasteiger partial charge in [-0.3, -0.25) is 14.8 Å². The van der Waals surface area contributed by atoms with Gasteiger partial charge in [0.15, 0.2) is 11.6 Å². The summed E-state index contributed by atoms with van der Waals surface area (Å²) in [6.45, 7) is 6.52. The standard InChI is InChI=1S/C20H20F2N4OS2/c1-4-23-29-13-10-14(16(22)15(21)11-13)17(27)24-19-26-25-18(28-19)20(2,3)12-8-6-5-7-9-12/h5-11,23H,4H2,1-3H3,(H,24,26,27). The summed E-state index contributed by atoms with van der Waals surface area (Å²) in [5.41, 5.74) is 0.251. The van der Waals surface area contributed by atoms with Gasteiger partial charge in [0.25, 0.3) is 5.91 Å². The van der Waals surface area contributed by atoms with Crippen molar-refractivity contribution in [2.45, 2.75) is 31.1 Å². The number of hydrogen-bond acceptors (Lipinski definition) is 6. The average molecular weight is 435 g/mol. The van der Waals surface area contributed by atoms with Crippen molar-refractivity contribution in [3.63, 3.8) is 0 Å². The van der Waals surface area contributed by atoms with Crippen LogP contribution in [-0.4, -0.2) is 22.6 Å². The summed E-state index contributed by atoms with van der Waals surface area (Å²) in [5, 5.41) is 11.6. The molecule has 0 saturated carbocycles. The number of rotatable bonds is 7. The molecule has 3 aromatic rings. The van der Waals surface area contributed by atoms with Crippen LogP contribution in [0.5, 0.6) is 0 Å². The SMILES string of the molecule is CCNSc1cc(F)c(F)c(C(=O)Nc2nnc(C(C)(C)c3ccccc3)s2)c1. The minimum absolute atomic E-state index is 0.221. The van der Waals surface area contributed by atoms with Crippen LogP contribution in [0.3, 0.4) is 0 Å². The Kier molecular flexibility index (Phi) is 6.61. The highest BCUT2D eigenvalue weighted by atomic mass is 32.2. The van der Waals surface area contributed by atoms with Gasteiger partial charge < -0.3 is 0 Å². The van der Waals surface area contributed by atoms with E-state index < -0.39 is 23.0 Å². The van der Waals surface area contributed by atoms with Crippen molar-refractivity contribution in [3.05, 3.63) is 70.2 Å². The first kappa shape index (κ1) is 21.4. The van der Waals surface area contributed by atoms with Crippen LogP contribution in [0.1, 0.15) is 41.7 Å². The number of benzene rings is 2. The molecule has 0 saturated heterocycles. The van der Waals surface area contributed by atoms with Crippen LogP contribution in [0.2, 0.25) is 0 Å². The monoisotopic (exact) mass is 434 g/mol. The number of nitrogens with zero attached hydrogens (tertiary/aromatic N) is 2. The molecule has 5 nitrogen and oxygen atoms in total. The van der Waals surface area contributed by atoms with Crippen LogP contribution in [0, 0.1) is 11.6 Å². The Morgan fingerprint density at radius 2 is 1.90 bits per heavy atom. The summed E-state index contributed by atoms with van der Waals surface area (Å²) in [6.07, 6.45) is 0. The Morgan fingerprint density at radius 3 is 2.59 bits per heavy atom. The molecule has 0 atom stereocenters. The molecule has 0 aliphatic carbocycles. The highest BCUT2D eigenvalue weighted by Crippen LogP contribution is 2.34. The van der Waals surface area contributed by atoms with E-state index >= 15 is 0 Å². The molecule has 0 aliphatic heterocycles. The van der Waals surface area contributed by atoms with Crippen LogP contribution >= 0.6 is 23.3 Å². The zero-order valence-electron chi connectivity index (χ0n) is 16.1. The van der Waals surface area contributed by atoms with Gasteiger partial charge in [0.2, 0.25) is 5.13 Å². The van der Waals surface area contributed by atoms with E-state index in [-0.39, 0.29) is 10.7 Å². The van der Waals surface area contributed by atoms with E-state index in [1.807, 2.05) is 51.1 Å². The highest BCUT2D eigenvalue weighted by molar-refractivity contribution is 7.97. The molecule has 1 aromatic heterocycles. The Hall–Kier alpha value is -2.36. The number of halogens is 2. The van der Waals surface area contributed by atoms with E-state index in [4.69, 9.17) is 0 Å². The maximum Gasteiger partial charge on any atom is 0.260 e. The molecule has 2 N–H and O–H groups in total. The van der Waals surface area contributed by atoms with Gasteiger partial charge in [-0.15, -0.1) is 10.2 Å². The van der Waals surface area contributed by atoms with Crippen LogP contribution in [0.4, 0.5) is 13.9 Å². The maximum atomic E-state index is 14.2. The Bertz CT molecular complexity index is 1010. The molecule has 0 radical (unpaired) electrons. The van der Waals surface area contributed by atoms with Gasteiger partial charge in [-0.2, -0.15) is 0 Å². The molecular formula is C20H20F2N4OS2. The number of hydrogen-bond donors (Lipinski definition) is 2. The smallest absolute Gasteiger partial charge is 0.260 e. The molecule has 1 heterocycles. The fourth-order valence-electron chi connectivity index (χ4n) is 2.61.